The van der Waals surface area contributed by atoms with Gasteiger partial charge in [0, 0.05) is 26.6 Å². The van der Waals surface area contributed by atoms with E-state index >= 15 is 0 Å². The van der Waals surface area contributed by atoms with Gasteiger partial charge in [-0.05, 0) is 60.1 Å². The predicted octanol–water partition coefficient (Wildman–Crippen LogP) is 7.37. The second-order valence-corrected chi connectivity index (χ2v) is 14.6. The van der Waals surface area contributed by atoms with Gasteiger partial charge >= 0.3 is 11.0 Å². The number of thiazole rings is 1. The van der Waals surface area contributed by atoms with E-state index in [1.807, 2.05) is 42.5 Å². The number of hydrogen-bond donors (Lipinski definition) is 1. The Morgan fingerprint density at radius 1 is 0.933 bits per heavy atom. The second-order valence-electron chi connectivity index (χ2n) is 11.9. The van der Waals surface area contributed by atoms with Gasteiger partial charge in [-0.15, -0.1) is 11.8 Å². The van der Waals surface area contributed by atoms with E-state index in [0.717, 1.165) is 38.3 Å². The van der Waals surface area contributed by atoms with Crippen molar-refractivity contribution >= 4 is 52.2 Å². The van der Waals surface area contributed by atoms with Crippen LogP contribution in [-0.2, 0) is 22.4 Å². The summed E-state index contributed by atoms with van der Waals surface area (Å²) in [5, 5.41) is 1.05. The summed E-state index contributed by atoms with van der Waals surface area (Å²) in [6, 6.07) is 19.8. The highest BCUT2D eigenvalue weighted by molar-refractivity contribution is 8.00. The van der Waals surface area contributed by atoms with Gasteiger partial charge in [-0.25, -0.2) is 4.90 Å². The van der Waals surface area contributed by atoms with Crippen LogP contribution in [0.5, 0.6) is 5.75 Å². The zero-order chi connectivity index (χ0) is 31.2. The van der Waals surface area contributed by atoms with Gasteiger partial charge in [0.15, 0.2) is 0 Å². The number of thioether (sulfide) groups is 1. The molecule has 2 aliphatic carbocycles. The minimum absolute atomic E-state index is 0.144. The van der Waals surface area contributed by atoms with Gasteiger partial charge in [0.1, 0.15) is 12.4 Å². The number of benzene rings is 3. The van der Waals surface area contributed by atoms with Crippen molar-refractivity contribution in [1.82, 2.24) is 4.98 Å². The molecule has 45 heavy (non-hydrogen) atoms. The molecule has 2 aliphatic heterocycles. The number of carbonyl (C=O) groups is 2. The number of para-hydroxylation sites is 1. The number of halogens is 4. The number of aromatic amines is 1. The molecule has 230 valence electrons. The summed E-state index contributed by atoms with van der Waals surface area (Å²) >= 11 is 9.17. The SMILES string of the molecule is O=C1[C@H]2[C@H]3C[C@@H]([C@@H]2C(=O)N1c1ccccc1C(F)(F)F)[C@H]1[C@H](c2cc(Cl)ccc2OCc2ccccc2)c2sc(=O)[nH]c2S[C@H]31. The van der Waals surface area contributed by atoms with E-state index in [1.54, 1.807) is 6.07 Å². The number of imide groups is 1. The fourth-order valence-electron chi connectivity index (χ4n) is 8.14. The average molecular weight is 669 g/mol. The van der Waals surface area contributed by atoms with Crippen molar-refractivity contribution in [2.75, 3.05) is 4.90 Å². The van der Waals surface area contributed by atoms with Crippen molar-refractivity contribution in [2.45, 2.75) is 35.4 Å². The van der Waals surface area contributed by atoms with Crippen LogP contribution in [-0.4, -0.2) is 22.0 Å². The van der Waals surface area contributed by atoms with E-state index in [0.29, 0.717) is 28.8 Å². The van der Waals surface area contributed by atoms with E-state index in [1.165, 1.54) is 30.0 Å². The smallest absolute Gasteiger partial charge is 0.418 e. The third kappa shape index (κ3) is 4.49. The number of anilines is 1. The summed E-state index contributed by atoms with van der Waals surface area (Å²) in [6.45, 7) is 0.304. The number of carbonyl (C=O) groups excluding carboxylic acids is 2. The molecular weight excluding hydrogens is 645 g/mol. The molecule has 12 heteroatoms. The Bertz CT molecular complexity index is 1910. The summed E-state index contributed by atoms with van der Waals surface area (Å²) < 4.78 is 48.3. The number of aromatic nitrogens is 1. The summed E-state index contributed by atoms with van der Waals surface area (Å²) in [7, 11) is 0. The summed E-state index contributed by atoms with van der Waals surface area (Å²) in [5.74, 6) is -3.12. The molecule has 2 saturated carbocycles. The van der Waals surface area contributed by atoms with E-state index in [9.17, 15) is 27.6 Å². The van der Waals surface area contributed by atoms with Crippen LogP contribution in [0.3, 0.4) is 0 Å². The van der Waals surface area contributed by atoms with Crippen LogP contribution in [0.15, 0.2) is 82.6 Å². The fourth-order valence-corrected chi connectivity index (χ4v) is 11.2. The molecule has 7 atom stereocenters. The molecule has 4 aromatic rings. The Hall–Kier alpha value is -3.54. The second kappa shape index (κ2) is 10.5. The third-order valence-corrected chi connectivity index (χ3v) is 12.5. The molecule has 1 aromatic heterocycles. The Morgan fingerprint density at radius 3 is 2.40 bits per heavy atom. The van der Waals surface area contributed by atoms with Crippen molar-refractivity contribution in [2.24, 2.45) is 29.6 Å². The molecule has 1 saturated heterocycles. The molecule has 3 aromatic carbocycles. The first kappa shape index (κ1) is 28.9. The number of nitrogens with zero attached hydrogens (tertiary/aromatic N) is 1. The van der Waals surface area contributed by atoms with E-state index in [2.05, 4.69) is 4.98 Å². The quantitative estimate of drug-likeness (QED) is 0.225. The number of amides is 2. The number of rotatable bonds is 5. The number of fused-ring (bicyclic) bond motifs is 9. The van der Waals surface area contributed by atoms with Crippen LogP contribution >= 0.6 is 34.7 Å². The lowest BCUT2D eigenvalue weighted by atomic mass is 9.68. The molecular formula is C33H24ClF3N2O4S2. The first-order valence-corrected chi connectivity index (χ1v) is 16.6. The maximum absolute atomic E-state index is 14.0. The van der Waals surface area contributed by atoms with E-state index in [4.69, 9.17) is 16.3 Å². The van der Waals surface area contributed by atoms with Crippen molar-refractivity contribution in [3.63, 3.8) is 0 Å². The molecule has 3 heterocycles. The number of nitrogens with one attached hydrogen (secondary N) is 1. The van der Waals surface area contributed by atoms with Crippen LogP contribution in [0.4, 0.5) is 18.9 Å². The highest BCUT2D eigenvalue weighted by atomic mass is 35.5. The standard InChI is InChI=1S/C33H24ClF3N2O4S2/c34-16-10-11-22(43-14-15-6-2-1-3-7-15)17(12-16)23-24-18-13-19(27(24)44-29-28(23)45-32(42)38-29)26-25(18)30(40)39(31(26)41)21-9-5-4-8-20(21)33(35,36)37/h1-12,18-19,23-27H,13-14H2,(H,38,42)/t18-,19-,23+,24+,25+,26+,27-/m1/s1. The average Bonchev–Trinajstić information content (AvgIpc) is 3.75. The van der Waals surface area contributed by atoms with Crippen LogP contribution in [0.2, 0.25) is 5.02 Å². The van der Waals surface area contributed by atoms with Crippen LogP contribution in [0.1, 0.15) is 33.9 Å². The Labute approximate surface area is 268 Å². The molecule has 0 unspecified atom stereocenters. The molecule has 2 amide bonds. The molecule has 1 N–H and O–H groups in total. The predicted molar refractivity (Wildman–Crippen MR) is 165 cm³/mol. The molecule has 0 spiro atoms. The van der Waals surface area contributed by atoms with E-state index in [-0.39, 0.29) is 33.8 Å². The monoisotopic (exact) mass is 668 g/mol. The molecule has 4 aliphatic rings. The van der Waals surface area contributed by atoms with Crippen molar-refractivity contribution in [3.8, 4) is 5.75 Å². The van der Waals surface area contributed by atoms with Gasteiger partial charge in [-0.1, -0.05) is 65.4 Å². The highest BCUT2D eigenvalue weighted by Crippen LogP contribution is 2.69. The largest absolute Gasteiger partial charge is 0.489 e. The highest BCUT2D eigenvalue weighted by Gasteiger charge is 2.70. The Kier molecular flexibility index (Phi) is 6.74. The lowest BCUT2D eigenvalue weighted by Crippen LogP contribution is -2.42. The van der Waals surface area contributed by atoms with Crippen LogP contribution in [0.25, 0.3) is 0 Å². The van der Waals surface area contributed by atoms with Gasteiger partial charge in [-0.2, -0.15) is 13.2 Å². The van der Waals surface area contributed by atoms with Crippen LogP contribution < -0.4 is 14.5 Å². The summed E-state index contributed by atoms with van der Waals surface area (Å²) in [4.78, 5) is 45.0. The van der Waals surface area contributed by atoms with Gasteiger partial charge in [0.05, 0.1) is 28.1 Å². The van der Waals surface area contributed by atoms with Crippen molar-refractivity contribution < 1.29 is 27.5 Å². The van der Waals surface area contributed by atoms with Gasteiger partial charge in [0.25, 0.3) is 0 Å². The molecule has 2 bridgehead atoms. The molecule has 8 rings (SSSR count). The van der Waals surface area contributed by atoms with Crippen molar-refractivity contribution in [1.29, 1.82) is 0 Å². The zero-order valence-electron chi connectivity index (χ0n) is 23.3. The lowest BCUT2D eigenvalue weighted by molar-refractivity contribution is -0.137. The topological polar surface area (TPSA) is 79.5 Å². The number of ether oxygens (including phenoxy) is 1. The first-order valence-electron chi connectivity index (χ1n) is 14.5. The van der Waals surface area contributed by atoms with Crippen LogP contribution in [0, 0.1) is 29.6 Å². The Morgan fingerprint density at radius 2 is 1.64 bits per heavy atom. The number of hydrogen-bond acceptors (Lipinski definition) is 6. The molecule has 3 fully saturated rings. The number of H-pyrrole nitrogens is 1. The van der Waals surface area contributed by atoms with Gasteiger partial charge < -0.3 is 9.72 Å². The fraction of sp³-hybridized carbons (Fsp3) is 0.303. The van der Waals surface area contributed by atoms with E-state index < -0.39 is 41.1 Å². The summed E-state index contributed by atoms with van der Waals surface area (Å²) in [5.41, 5.74) is 0.323. The molecule has 6 nitrogen and oxygen atoms in total. The first-order chi connectivity index (χ1) is 21.6. The Balaban J connectivity index is 1.21. The molecule has 0 radical (unpaired) electrons. The zero-order valence-corrected chi connectivity index (χ0v) is 25.7. The van der Waals surface area contributed by atoms with Gasteiger partial charge in [-0.3, -0.25) is 14.4 Å². The summed E-state index contributed by atoms with van der Waals surface area (Å²) in [6.07, 6.45) is -4.13. The lowest BCUT2D eigenvalue weighted by Gasteiger charge is -2.43. The normalized spacial score (nSPS) is 28.3. The van der Waals surface area contributed by atoms with Crippen molar-refractivity contribution in [3.05, 3.63) is 109 Å². The number of alkyl halides is 3. The minimum Gasteiger partial charge on any atom is -0.489 e. The van der Waals surface area contributed by atoms with Gasteiger partial charge in [0.2, 0.25) is 11.8 Å². The maximum Gasteiger partial charge on any atom is 0.418 e. The third-order valence-electron chi connectivity index (χ3n) is 9.72. The maximum atomic E-state index is 14.0. The minimum atomic E-state index is -4.73.